The van der Waals surface area contributed by atoms with Crippen molar-refractivity contribution in [2.24, 2.45) is 0 Å². The molecule has 1 aromatic carbocycles. The SMILES string of the molecule is Cc1csc2nc(CN3C(=O)NC(C)(c4ccc(OC(F)(F)F)cc4)C3=O)cc(=O)n12. The number of thiazole rings is 1. The van der Waals surface area contributed by atoms with Crippen molar-refractivity contribution in [3.8, 4) is 5.75 Å². The van der Waals surface area contributed by atoms with Crippen molar-refractivity contribution >= 4 is 28.2 Å². The van der Waals surface area contributed by atoms with Crippen molar-refractivity contribution in [2.45, 2.75) is 32.3 Å². The molecule has 31 heavy (non-hydrogen) atoms. The first kappa shape index (κ1) is 20.8. The number of fused-ring (bicyclic) bond motifs is 1. The summed E-state index contributed by atoms with van der Waals surface area (Å²) in [5.74, 6) is -1.07. The number of hydrogen-bond acceptors (Lipinski definition) is 6. The molecule has 1 N–H and O–H groups in total. The fraction of sp³-hybridized carbons (Fsp3) is 0.263. The molecule has 0 saturated carbocycles. The minimum Gasteiger partial charge on any atom is -0.406 e. The first-order valence-corrected chi connectivity index (χ1v) is 9.83. The van der Waals surface area contributed by atoms with Gasteiger partial charge in [-0.05, 0) is 31.5 Å². The highest BCUT2D eigenvalue weighted by Crippen LogP contribution is 2.32. The minimum atomic E-state index is -4.84. The Hall–Kier alpha value is -3.41. The molecular weight excluding hydrogens is 437 g/mol. The Balaban J connectivity index is 1.59. The molecule has 8 nitrogen and oxygen atoms in total. The van der Waals surface area contributed by atoms with Crippen molar-refractivity contribution in [3.63, 3.8) is 0 Å². The lowest BCUT2D eigenvalue weighted by molar-refractivity contribution is -0.274. The Kier molecular flexibility index (Phi) is 4.76. The molecule has 0 spiro atoms. The number of halogens is 3. The van der Waals surface area contributed by atoms with Crippen LogP contribution >= 0.6 is 11.3 Å². The highest BCUT2D eigenvalue weighted by molar-refractivity contribution is 7.15. The summed E-state index contributed by atoms with van der Waals surface area (Å²) in [5.41, 5.74) is -0.570. The zero-order valence-electron chi connectivity index (χ0n) is 16.2. The van der Waals surface area contributed by atoms with Crippen LogP contribution in [0.25, 0.3) is 4.96 Å². The van der Waals surface area contributed by atoms with Crippen LogP contribution in [-0.4, -0.2) is 32.6 Å². The van der Waals surface area contributed by atoms with Crippen LogP contribution < -0.4 is 15.6 Å². The van der Waals surface area contributed by atoms with E-state index >= 15 is 0 Å². The molecular formula is C19H15F3N4O4S. The summed E-state index contributed by atoms with van der Waals surface area (Å²) in [6, 6.07) is 5.22. The first-order chi connectivity index (χ1) is 14.5. The maximum atomic E-state index is 13.0. The van der Waals surface area contributed by atoms with Gasteiger partial charge in [-0.15, -0.1) is 24.5 Å². The van der Waals surface area contributed by atoms with Crippen molar-refractivity contribution < 1.29 is 27.5 Å². The van der Waals surface area contributed by atoms with Gasteiger partial charge in [0.05, 0.1) is 12.2 Å². The van der Waals surface area contributed by atoms with E-state index in [1.165, 1.54) is 40.9 Å². The molecule has 0 radical (unpaired) electrons. The quantitative estimate of drug-likeness (QED) is 0.615. The van der Waals surface area contributed by atoms with Crippen molar-refractivity contribution in [3.05, 3.63) is 63.0 Å². The summed E-state index contributed by atoms with van der Waals surface area (Å²) >= 11 is 1.26. The fourth-order valence-corrected chi connectivity index (χ4v) is 4.26. The second-order valence-electron chi connectivity index (χ2n) is 7.10. The number of benzene rings is 1. The summed E-state index contributed by atoms with van der Waals surface area (Å²) in [4.78, 5) is 43.6. The van der Waals surface area contributed by atoms with Crippen LogP contribution in [0.4, 0.5) is 18.0 Å². The van der Waals surface area contributed by atoms with Gasteiger partial charge in [-0.3, -0.25) is 18.9 Å². The number of ether oxygens (including phenoxy) is 1. The van der Waals surface area contributed by atoms with Crippen LogP contribution in [0.15, 0.2) is 40.5 Å². The fourth-order valence-electron chi connectivity index (χ4n) is 3.37. The number of aryl methyl sites for hydroxylation is 1. The van der Waals surface area contributed by atoms with E-state index in [1.807, 2.05) is 0 Å². The van der Waals surface area contributed by atoms with Gasteiger partial charge in [0.15, 0.2) is 4.96 Å². The van der Waals surface area contributed by atoms with E-state index < -0.39 is 29.6 Å². The van der Waals surface area contributed by atoms with Gasteiger partial charge in [0.1, 0.15) is 11.3 Å². The third-order valence-corrected chi connectivity index (χ3v) is 5.83. The van der Waals surface area contributed by atoms with Gasteiger partial charge in [-0.25, -0.2) is 9.78 Å². The molecule has 2 aromatic heterocycles. The third-order valence-electron chi connectivity index (χ3n) is 4.89. The number of hydrogen-bond donors (Lipinski definition) is 1. The maximum absolute atomic E-state index is 13.0. The number of urea groups is 1. The number of alkyl halides is 3. The van der Waals surface area contributed by atoms with Gasteiger partial charge in [0.25, 0.3) is 11.5 Å². The van der Waals surface area contributed by atoms with E-state index in [9.17, 15) is 27.6 Å². The molecule has 1 fully saturated rings. The maximum Gasteiger partial charge on any atom is 0.573 e. The number of nitrogens with zero attached hydrogens (tertiary/aromatic N) is 3. The van der Waals surface area contributed by atoms with Crippen LogP contribution in [0.2, 0.25) is 0 Å². The van der Waals surface area contributed by atoms with Crippen molar-refractivity contribution in [1.29, 1.82) is 0 Å². The largest absolute Gasteiger partial charge is 0.573 e. The Bertz CT molecular complexity index is 1250. The first-order valence-electron chi connectivity index (χ1n) is 8.95. The lowest BCUT2D eigenvalue weighted by Gasteiger charge is -2.22. The molecule has 3 amide bonds. The highest BCUT2D eigenvalue weighted by atomic mass is 32.1. The van der Waals surface area contributed by atoms with Crippen LogP contribution in [0, 0.1) is 6.92 Å². The van der Waals surface area contributed by atoms with Gasteiger partial charge in [0, 0.05) is 17.1 Å². The number of carbonyl (C=O) groups excluding carboxylic acids is 2. The van der Waals surface area contributed by atoms with E-state index in [1.54, 1.807) is 12.3 Å². The summed E-state index contributed by atoms with van der Waals surface area (Å²) < 4.78 is 42.3. The summed E-state index contributed by atoms with van der Waals surface area (Å²) in [6.07, 6.45) is -4.84. The van der Waals surface area contributed by atoms with E-state index in [0.29, 0.717) is 4.96 Å². The summed E-state index contributed by atoms with van der Waals surface area (Å²) in [5, 5.41) is 4.32. The monoisotopic (exact) mass is 452 g/mol. The molecule has 1 unspecified atom stereocenters. The van der Waals surface area contributed by atoms with Crippen LogP contribution in [0.1, 0.15) is 23.9 Å². The van der Waals surface area contributed by atoms with Crippen molar-refractivity contribution in [2.75, 3.05) is 0 Å². The topological polar surface area (TPSA) is 93.0 Å². The minimum absolute atomic E-state index is 0.224. The summed E-state index contributed by atoms with van der Waals surface area (Å²) in [7, 11) is 0. The number of aromatic nitrogens is 2. The third kappa shape index (κ3) is 3.74. The molecule has 1 saturated heterocycles. The molecule has 1 aliphatic heterocycles. The number of carbonyl (C=O) groups is 2. The van der Waals surface area contributed by atoms with Gasteiger partial charge in [0.2, 0.25) is 0 Å². The Morgan fingerprint density at radius 1 is 1.19 bits per heavy atom. The zero-order valence-corrected chi connectivity index (χ0v) is 17.0. The molecule has 12 heteroatoms. The lowest BCUT2D eigenvalue weighted by atomic mass is 9.92. The normalized spacial score (nSPS) is 19.2. The number of nitrogens with one attached hydrogen (secondary N) is 1. The molecule has 0 bridgehead atoms. The second kappa shape index (κ2) is 7.08. The Morgan fingerprint density at radius 2 is 1.87 bits per heavy atom. The van der Waals surface area contributed by atoms with E-state index in [4.69, 9.17) is 0 Å². The Labute approximate surface area is 176 Å². The predicted octanol–water partition coefficient (Wildman–Crippen LogP) is 2.93. The predicted molar refractivity (Wildman–Crippen MR) is 104 cm³/mol. The van der Waals surface area contributed by atoms with Gasteiger partial charge in [-0.1, -0.05) is 12.1 Å². The average Bonchev–Trinajstić information content (AvgIpc) is 3.14. The molecule has 0 aliphatic carbocycles. The van der Waals surface area contributed by atoms with Gasteiger partial charge in [-0.2, -0.15) is 0 Å². The standard InChI is InChI=1S/C19H15F3N4O4S/c1-10-9-31-17-23-12(7-14(27)26(10)17)8-25-15(28)18(2,24-16(25)29)11-3-5-13(6-4-11)30-19(20,21)22/h3-7,9H,8H2,1-2H3,(H,24,29). The average molecular weight is 452 g/mol. The van der Waals surface area contributed by atoms with Gasteiger partial charge < -0.3 is 10.1 Å². The van der Waals surface area contributed by atoms with E-state index in [0.717, 1.165) is 22.7 Å². The molecule has 3 heterocycles. The van der Waals surface area contributed by atoms with E-state index in [2.05, 4.69) is 15.0 Å². The van der Waals surface area contributed by atoms with E-state index in [-0.39, 0.29) is 23.4 Å². The Morgan fingerprint density at radius 3 is 2.52 bits per heavy atom. The number of amides is 3. The second-order valence-corrected chi connectivity index (χ2v) is 7.94. The number of imide groups is 1. The van der Waals surface area contributed by atoms with Crippen LogP contribution in [0.5, 0.6) is 5.75 Å². The molecule has 1 aliphatic rings. The zero-order chi connectivity index (χ0) is 22.6. The molecule has 3 aromatic rings. The van der Waals surface area contributed by atoms with Gasteiger partial charge >= 0.3 is 12.4 Å². The lowest BCUT2D eigenvalue weighted by Crippen LogP contribution is -2.40. The highest BCUT2D eigenvalue weighted by Gasteiger charge is 2.49. The smallest absolute Gasteiger partial charge is 0.406 e. The number of rotatable bonds is 4. The molecule has 4 rings (SSSR count). The van der Waals surface area contributed by atoms with Crippen LogP contribution in [0.3, 0.4) is 0 Å². The molecule has 1 atom stereocenters. The van der Waals surface area contributed by atoms with Crippen molar-refractivity contribution in [1.82, 2.24) is 19.6 Å². The van der Waals surface area contributed by atoms with Crippen LogP contribution in [-0.2, 0) is 16.9 Å². The summed E-state index contributed by atoms with van der Waals surface area (Å²) in [6.45, 7) is 2.99. The molecule has 162 valence electrons.